The predicted molar refractivity (Wildman–Crippen MR) is 133 cm³/mol. The van der Waals surface area contributed by atoms with Crippen molar-refractivity contribution in [2.75, 3.05) is 18.4 Å². The zero-order valence-electron chi connectivity index (χ0n) is 19.7. The number of nitrogens with zero attached hydrogens (tertiary/aromatic N) is 3. The van der Waals surface area contributed by atoms with Crippen LogP contribution in [0.5, 0.6) is 0 Å². The number of hydrogen-bond acceptors (Lipinski definition) is 4. The maximum Gasteiger partial charge on any atom is 0.243 e. The number of nitrogens with one attached hydrogen (secondary N) is 1. The third-order valence-electron chi connectivity index (χ3n) is 7.14. The van der Waals surface area contributed by atoms with E-state index in [0.717, 1.165) is 55.6 Å². The van der Waals surface area contributed by atoms with Crippen molar-refractivity contribution < 1.29 is 13.2 Å². The Kier molecular flexibility index (Phi) is 6.44. The Morgan fingerprint density at radius 1 is 1.03 bits per heavy atom. The summed E-state index contributed by atoms with van der Waals surface area (Å²) in [5.41, 5.74) is 5.06. The molecule has 0 spiro atoms. The molecule has 2 heterocycles. The second-order valence-electron chi connectivity index (χ2n) is 9.40. The number of aryl methyl sites for hydroxylation is 3. The van der Waals surface area contributed by atoms with Crippen LogP contribution >= 0.6 is 0 Å². The molecule has 0 saturated carbocycles. The predicted octanol–water partition coefficient (Wildman–Crippen LogP) is 4.20. The first-order chi connectivity index (χ1) is 16.4. The van der Waals surface area contributed by atoms with E-state index in [4.69, 9.17) is 0 Å². The average molecular weight is 481 g/mol. The van der Waals surface area contributed by atoms with Crippen LogP contribution in [0.3, 0.4) is 0 Å². The van der Waals surface area contributed by atoms with Gasteiger partial charge in [0.25, 0.3) is 0 Å². The number of fused-ring (bicyclic) bond motifs is 2. The monoisotopic (exact) mass is 480 g/mol. The molecule has 5 rings (SSSR count). The van der Waals surface area contributed by atoms with Crippen molar-refractivity contribution in [3.8, 4) is 0 Å². The van der Waals surface area contributed by atoms with Crippen LogP contribution in [0, 0.1) is 0 Å². The van der Waals surface area contributed by atoms with Crippen LogP contribution < -0.4 is 5.32 Å². The largest absolute Gasteiger partial charge is 0.331 e. The summed E-state index contributed by atoms with van der Waals surface area (Å²) in [6.07, 6.45) is 8.15. The maximum absolute atomic E-state index is 13.1. The highest BCUT2D eigenvalue weighted by atomic mass is 32.2. The van der Waals surface area contributed by atoms with Gasteiger partial charge >= 0.3 is 0 Å². The van der Waals surface area contributed by atoms with Gasteiger partial charge in [0.1, 0.15) is 5.82 Å². The van der Waals surface area contributed by atoms with E-state index in [0.29, 0.717) is 31.4 Å². The van der Waals surface area contributed by atoms with Gasteiger partial charge in [0.2, 0.25) is 15.9 Å². The minimum absolute atomic E-state index is 0.0283. The SMILES string of the molecule is Cn1c(CCC(=O)Nc2cccc3c2CCCC3)nc2cc(S(=O)(=O)N3CCCCC3)ccc21. The summed E-state index contributed by atoms with van der Waals surface area (Å²) < 4.78 is 29.6. The molecule has 1 amide bonds. The van der Waals surface area contributed by atoms with Crippen LogP contribution in [0.25, 0.3) is 11.0 Å². The van der Waals surface area contributed by atoms with Crippen LogP contribution in [-0.2, 0) is 41.1 Å². The lowest BCUT2D eigenvalue weighted by Gasteiger charge is -2.25. The molecule has 1 N–H and O–H groups in total. The molecule has 7 nitrogen and oxygen atoms in total. The Hall–Kier alpha value is -2.71. The van der Waals surface area contributed by atoms with Crippen LogP contribution in [-0.4, -0.2) is 41.3 Å². The standard InChI is InChI=1S/C26H32N4O3S/c1-29-24-13-12-20(34(32,33)30-16-5-2-6-17-30)18-23(24)27-25(29)14-15-26(31)28-22-11-7-9-19-8-3-4-10-21(19)22/h7,9,11-13,18H,2-6,8,10,14-17H2,1H3,(H,28,31). The van der Waals surface area contributed by atoms with Gasteiger partial charge in [-0.05, 0) is 73.9 Å². The number of carbonyl (C=O) groups excluding carboxylic acids is 1. The van der Waals surface area contributed by atoms with Gasteiger partial charge in [-0.3, -0.25) is 4.79 Å². The van der Waals surface area contributed by atoms with Gasteiger partial charge in [0, 0.05) is 38.7 Å². The lowest BCUT2D eigenvalue weighted by atomic mass is 9.90. The van der Waals surface area contributed by atoms with E-state index in [1.165, 1.54) is 17.5 Å². The summed E-state index contributed by atoms with van der Waals surface area (Å²) in [4.78, 5) is 17.7. The summed E-state index contributed by atoms with van der Waals surface area (Å²) >= 11 is 0. The molecule has 0 radical (unpaired) electrons. The third kappa shape index (κ3) is 4.49. The highest BCUT2D eigenvalue weighted by Crippen LogP contribution is 2.28. The van der Waals surface area contributed by atoms with Crippen molar-refractivity contribution in [2.24, 2.45) is 7.05 Å². The minimum atomic E-state index is -3.51. The lowest BCUT2D eigenvalue weighted by Crippen LogP contribution is -2.35. The highest BCUT2D eigenvalue weighted by molar-refractivity contribution is 7.89. The fourth-order valence-corrected chi connectivity index (χ4v) is 6.74. The smallest absolute Gasteiger partial charge is 0.243 e. The number of anilines is 1. The first kappa shape index (κ1) is 23.1. The Balaban J connectivity index is 1.30. The molecule has 2 aromatic carbocycles. The number of carbonyl (C=O) groups is 1. The molecule has 1 aliphatic carbocycles. The lowest BCUT2D eigenvalue weighted by molar-refractivity contribution is -0.116. The number of benzene rings is 2. The van der Waals surface area contributed by atoms with Gasteiger partial charge in [0.05, 0.1) is 15.9 Å². The Bertz CT molecular complexity index is 1320. The summed E-state index contributed by atoms with van der Waals surface area (Å²) in [5, 5.41) is 3.10. The number of imidazole rings is 1. The van der Waals surface area contributed by atoms with Crippen molar-refractivity contribution in [2.45, 2.75) is 62.7 Å². The van der Waals surface area contributed by atoms with Crippen LogP contribution in [0.2, 0.25) is 0 Å². The molecule has 0 atom stereocenters. The number of aromatic nitrogens is 2. The van der Waals surface area contributed by atoms with Crippen molar-refractivity contribution in [1.29, 1.82) is 0 Å². The quantitative estimate of drug-likeness (QED) is 0.573. The van der Waals surface area contributed by atoms with Crippen LogP contribution in [0.1, 0.15) is 55.5 Å². The van der Waals surface area contributed by atoms with Gasteiger partial charge in [-0.2, -0.15) is 4.31 Å². The zero-order chi connectivity index (χ0) is 23.7. The number of rotatable bonds is 6. The van der Waals surface area contributed by atoms with E-state index in [9.17, 15) is 13.2 Å². The van der Waals surface area contributed by atoms with Crippen molar-refractivity contribution in [3.63, 3.8) is 0 Å². The van der Waals surface area contributed by atoms with Gasteiger partial charge in [-0.25, -0.2) is 13.4 Å². The fourth-order valence-electron chi connectivity index (χ4n) is 5.20. The second kappa shape index (κ2) is 9.50. The Morgan fingerprint density at radius 2 is 1.82 bits per heavy atom. The Morgan fingerprint density at radius 3 is 2.65 bits per heavy atom. The average Bonchev–Trinajstić information content (AvgIpc) is 3.18. The molecule has 2 aliphatic rings. The summed E-state index contributed by atoms with van der Waals surface area (Å²) in [6.45, 7) is 1.15. The van der Waals surface area contributed by atoms with E-state index in [1.54, 1.807) is 16.4 Å². The van der Waals surface area contributed by atoms with E-state index >= 15 is 0 Å². The first-order valence-electron chi connectivity index (χ1n) is 12.3. The van der Waals surface area contributed by atoms with Gasteiger partial charge in [-0.15, -0.1) is 0 Å². The molecule has 3 aromatic rings. The minimum Gasteiger partial charge on any atom is -0.331 e. The van der Waals surface area contributed by atoms with E-state index in [1.807, 2.05) is 29.8 Å². The topological polar surface area (TPSA) is 84.3 Å². The summed E-state index contributed by atoms with van der Waals surface area (Å²) in [5.74, 6) is 0.743. The van der Waals surface area contributed by atoms with Crippen molar-refractivity contribution in [1.82, 2.24) is 13.9 Å². The third-order valence-corrected chi connectivity index (χ3v) is 9.04. The van der Waals surface area contributed by atoms with Crippen LogP contribution in [0.15, 0.2) is 41.3 Å². The van der Waals surface area contributed by atoms with Gasteiger partial charge in [0.15, 0.2) is 0 Å². The summed E-state index contributed by atoms with van der Waals surface area (Å²) in [7, 11) is -1.59. The highest BCUT2D eigenvalue weighted by Gasteiger charge is 2.26. The molecule has 8 heteroatoms. The molecule has 1 aliphatic heterocycles. The Labute approximate surface area is 201 Å². The maximum atomic E-state index is 13.1. The molecule has 34 heavy (non-hydrogen) atoms. The first-order valence-corrected chi connectivity index (χ1v) is 13.7. The number of piperidine rings is 1. The van der Waals surface area contributed by atoms with E-state index < -0.39 is 10.0 Å². The van der Waals surface area contributed by atoms with Gasteiger partial charge < -0.3 is 9.88 Å². The second-order valence-corrected chi connectivity index (χ2v) is 11.3. The van der Waals surface area contributed by atoms with Gasteiger partial charge in [-0.1, -0.05) is 18.6 Å². The van der Waals surface area contributed by atoms with Crippen molar-refractivity contribution in [3.05, 3.63) is 53.3 Å². The van der Waals surface area contributed by atoms with E-state index in [-0.39, 0.29) is 10.8 Å². The molecule has 1 fully saturated rings. The molecule has 0 unspecified atom stereocenters. The zero-order valence-corrected chi connectivity index (χ0v) is 20.5. The molecule has 1 saturated heterocycles. The molecular weight excluding hydrogens is 448 g/mol. The molecule has 1 aromatic heterocycles. The fraction of sp³-hybridized carbons (Fsp3) is 0.462. The number of hydrogen-bond donors (Lipinski definition) is 1. The van der Waals surface area contributed by atoms with E-state index in [2.05, 4.69) is 16.4 Å². The molecular formula is C26H32N4O3S. The molecule has 180 valence electrons. The van der Waals surface area contributed by atoms with Crippen LogP contribution in [0.4, 0.5) is 5.69 Å². The van der Waals surface area contributed by atoms with Crippen molar-refractivity contribution >= 4 is 32.7 Å². The number of amides is 1. The normalized spacial score (nSPS) is 17.0. The summed E-state index contributed by atoms with van der Waals surface area (Å²) in [6, 6.07) is 11.3. The molecule has 0 bridgehead atoms. The number of sulfonamides is 1.